The molecule has 4 rings (SSSR count). The monoisotopic (exact) mass is 289 g/mol. The van der Waals surface area contributed by atoms with E-state index < -0.39 is 0 Å². The molecule has 106 valence electrons. The molecule has 22 heavy (non-hydrogen) atoms. The number of imidazole rings is 1. The maximum atomic E-state index is 13.0. The lowest BCUT2D eigenvalue weighted by molar-refractivity contribution is 0.628. The van der Waals surface area contributed by atoms with E-state index in [0.29, 0.717) is 0 Å². The van der Waals surface area contributed by atoms with Crippen LogP contribution >= 0.6 is 0 Å². The molecule has 0 atom stereocenters. The van der Waals surface area contributed by atoms with Gasteiger partial charge in [0, 0.05) is 35.9 Å². The molecule has 0 unspecified atom stereocenters. The SMILES string of the molecule is Fc1ccc(-c2cn3cc(-c4cccnc4)ccc3n2)cc1. The van der Waals surface area contributed by atoms with Crippen LogP contribution in [0.1, 0.15) is 0 Å². The van der Waals surface area contributed by atoms with Gasteiger partial charge in [-0.1, -0.05) is 6.07 Å². The molecule has 3 heterocycles. The molecule has 3 nitrogen and oxygen atoms in total. The third kappa shape index (κ3) is 2.24. The van der Waals surface area contributed by atoms with E-state index in [-0.39, 0.29) is 5.82 Å². The highest BCUT2D eigenvalue weighted by atomic mass is 19.1. The Morgan fingerprint density at radius 1 is 0.818 bits per heavy atom. The topological polar surface area (TPSA) is 30.2 Å². The van der Waals surface area contributed by atoms with Crippen LogP contribution in [0.4, 0.5) is 4.39 Å². The number of hydrogen-bond donors (Lipinski definition) is 0. The first kappa shape index (κ1) is 12.7. The zero-order chi connectivity index (χ0) is 14.9. The summed E-state index contributed by atoms with van der Waals surface area (Å²) < 4.78 is 15.0. The van der Waals surface area contributed by atoms with Crippen LogP contribution in [0.25, 0.3) is 28.0 Å². The van der Waals surface area contributed by atoms with Gasteiger partial charge in [-0.15, -0.1) is 0 Å². The summed E-state index contributed by atoms with van der Waals surface area (Å²) in [5.41, 5.74) is 4.70. The molecule has 4 heteroatoms. The molecule has 0 aliphatic rings. The molecule has 0 amide bonds. The number of nitrogens with zero attached hydrogens (tertiary/aromatic N) is 3. The summed E-state index contributed by atoms with van der Waals surface area (Å²) in [5.74, 6) is -0.244. The van der Waals surface area contributed by atoms with Crippen molar-refractivity contribution in [3.8, 4) is 22.4 Å². The Hall–Kier alpha value is -3.01. The maximum absolute atomic E-state index is 13.0. The molecule has 0 radical (unpaired) electrons. The smallest absolute Gasteiger partial charge is 0.137 e. The molecule has 0 aliphatic heterocycles. The van der Waals surface area contributed by atoms with Crippen molar-refractivity contribution in [2.75, 3.05) is 0 Å². The lowest BCUT2D eigenvalue weighted by Gasteiger charge is -2.01. The lowest BCUT2D eigenvalue weighted by atomic mass is 10.1. The Balaban J connectivity index is 1.80. The normalized spacial score (nSPS) is 11.0. The molecule has 0 fully saturated rings. The molecule has 3 aromatic heterocycles. The number of fused-ring (bicyclic) bond motifs is 1. The van der Waals surface area contributed by atoms with Crippen molar-refractivity contribution < 1.29 is 4.39 Å². The highest BCUT2D eigenvalue weighted by Gasteiger charge is 2.06. The van der Waals surface area contributed by atoms with Crippen LogP contribution in [0.2, 0.25) is 0 Å². The molecular formula is C18H12FN3. The molecule has 0 aliphatic carbocycles. The summed E-state index contributed by atoms with van der Waals surface area (Å²) in [5, 5.41) is 0. The summed E-state index contributed by atoms with van der Waals surface area (Å²) in [6.07, 6.45) is 7.56. The van der Waals surface area contributed by atoms with E-state index >= 15 is 0 Å². The highest BCUT2D eigenvalue weighted by Crippen LogP contribution is 2.23. The molecule has 1 aromatic carbocycles. The van der Waals surface area contributed by atoms with E-state index in [9.17, 15) is 4.39 Å². The Labute approximate surface area is 126 Å². The highest BCUT2D eigenvalue weighted by molar-refractivity contribution is 5.67. The number of benzene rings is 1. The molecule has 0 saturated heterocycles. The maximum Gasteiger partial charge on any atom is 0.137 e. The first-order valence-corrected chi connectivity index (χ1v) is 6.95. The molecular weight excluding hydrogens is 277 g/mol. The van der Waals surface area contributed by atoms with Gasteiger partial charge in [0.2, 0.25) is 0 Å². The van der Waals surface area contributed by atoms with Crippen LogP contribution in [0, 0.1) is 5.82 Å². The van der Waals surface area contributed by atoms with Gasteiger partial charge in [-0.2, -0.15) is 0 Å². The molecule has 0 bridgehead atoms. The minimum Gasteiger partial charge on any atom is -0.306 e. The van der Waals surface area contributed by atoms with E-state index in [4.69, 9.17) is 0 Å². The second-order valence-corrected chi connectivity index (χ2v) is 5.06. The summed E-state index contributed by atoms with van der Waals surface area (Å²) in [6.45, 7) is 0. The van der Waals surface area contributed by atoms with Crippen molar-refractivity contribution in [1.82, 2.24) is 14.4 Å². The van der Waals surface area contributed by atoms with Crippen LogP contribution in [-0.4, -0.2) is 14.4 Å². The van der Waals surface area contributed by atoms with Crippen molar-refractivity contribution in [2.45, 2.75) is 0 Å². The fraction of sp³-hybridized carbons (Fsp3) is 0. The van der Waals surface area contributed by atoms with Crippen molar-refractivity contribution >= 4 is 5.65 Å². The quantitative estimate of drug-likeness (QED) is 0.553. The molecule has 0 saturated carbocycles. The minimum absolute atomic E-state index is 0.244. The largest absolute Gasteiger partial charge is 0.306 e. The van der Waals surface area contributed by atoms with Crippen molar-refractivity contribution in [1.29, 1.82) is 0 Å². The van der Waals surface area contributed by atoms with Gasteiger partial charge in [0.15, 0.2) is 0 Å². The Morgan fingerprint density at radius 2 is 1.64 bits per heavy atom. The molecule has 4 aromatic rings. The average Bonchev–Trinajstić information content (AvgIpc) is 2.99. The van der Waals surface area contributed by atoms with Crippen molar-refractivity contribution in [3.63, 3.8) is 0 Å². The summed E-state index contributed by atoms with van der Waals surface area (Å²) in [4.78, 5) is 8.71. The number of rotatable bonds is 2. The first-order chi connectivity index (χ1) is 10.8. The van der Waals surface area contributed by atoms with Crippen molar-refractivity contribution in [3.05, 3.63) is 79.1 Å². The van der Waals surface area contributed by atoms with Crippen LogP contribution in [-0.2, 0) is 0 Å². The predicted octanol–water partition coefficient (Wildman–Crippen LogP) is 4.20. The van der Waals surface area contributed by atoms with E-state index in [1.54, 1.807) is 18.3 Å². The fourth-order valence-corrected chi connectivity index (χ4v) is 2.46. The van der Waals surface area contributed by atoms with Gasteiger partial charge >= 0.3 is 0 Å². The van der Waals surface area contributed by atoms with Crippen LogP contribution in [0.15, 0.2) is 73.3 Å². The predicted molar refractivity (Wildman–Crippen MR) is 83.8 cm³/mol. The van der Waals surface area contributed by atoms with E-state index in [1.807, 2.05) is 47.3 Å². The zero-order valence-corrected chi connectivity index (χ0v) is 11.6. The number of pyridine rings is 2. The van der Waals surface area contributed by atoms with E-state index in [2.05, 4.69) is 9.97 Å². The summed E-state index contributed by atoms with van der Waals surface area (Å²) >= 11 is 0. The second kappa shape index (κ2) is 5.07. The van der Waals surface area contributed by atoms with Crippen molar-refractivity contribution in [2.24, 2.45) is 0 Å². The van der Waals surface area contributed by atoms with Crippen LogP contribution in [0.3, 0.4) is 0 Å². The second-order valence-electron chi connectivity index (χ2n) is 5.06. The Morgan fingerprint density at radius 3 is 2.41 bits per heavy atom. The van der Waals surface area contributed by atoms with Gasteiger partial charge in [-0.25, -0.2) is 9.37 Å². The minimum atomic E-state index is -0.244. The van der Waals surface area contributed by atoms with Gasteiger partial charge in [0.25, 0.3) is 0 Å². The average molecular weight is 289 g/mol. The lowest BCUT2D eigenvalue weighted by Crippen LogP contribution is -1.85. The summed E-state index contributed by atoms with van der Waals surface area (Å²) in [7, 11) is 0. The Kier molecular flexibility index (Phi) is 2.93. The van der Waals surface area contributed by atoms with E-state index in [1.165, 1.54) is 12.1 Å². The Bertz CT molecular complexity index is 928. The fourth-order valence-electron chi connectivity index (χ4n) is 2.46. The van der Waals surface area contributed by atoms with Gasteiger partial charge in [0.05, 0.1) is 5.69 Å². The third-order valence-corrected chi connectivity index (χ3v) is 3.59. The number of hydrogen-bond acceptors (Lipinski definition) is 2. The third-order valence-electron chi connectivity index (χ3n) is 3.59. The van der Waals surface area contributed by atoms with E-state index in [0.717, 1.165) is 28.0 Å². The standard InChI is InChI=1S/C18H12FN3/c19-16-6-3-13(4-7-16)17-12-22-11-15(5-8-18(22)21-17)14-2-1-9-20-10-14/h1-12H. The number of aromatic nitrogens is 3. The molecule has 0 N–H and O–H groups in total. The van der Waals surface area contributed by atoms with Gasteiger partial charge in [-0.3, -0.25) is 4.98 Å². The first-order valence-electron chi connectivity index (χ1n) is 6.95. The van der Waals surface area contributed by atoms with Crippen LogP contribution < -0.4 is 0 Å². The van der Waals surface area contributed by atoms with Gasteiger partial charge in [0.1, 0.15) is 11.5 Å². The number of halogens is 1. The zero-order valence-electron chi connectivity index (χ0n) is 11.6. The van der Waals surface area contributed by atoms with Crippen LogP contribution in [0.5, 0.6) is 0 Å². The summed E-state index contributed by atoms with van der Waals surface area (Å²) in [6, 6.07) is 14.3. The van der Waals surface area contributed by atoms with Gasteiger partial charge < -0.3 is 4.40 Å². The van der Waals surface area contributed by atoms with Gasteiger partial charge in [-0.05, 0) is 48.0 Å². The molecule has 0 spiro atoms.